The molecule has 0 aliphatic carbocycles. The van der Waals surface area contributed by atoms with E-state index in [9.17, 15) is 9.59 Å². The average Bonchev–Trinajstić information content (AvgIpc) is 3.41. The van der Waals surface area contributed by atoms with Gasteiger partial charge in [0.2, 0.25) is 11.9 Å². The number of aromatic nitrogens is 6. The molecule has 10 rings (SSSR count). The predicted octanol–water partition coefficient (Wildman–Crippen LogP) is 12.0. The van der Waals surface area contributed by atoms with Crippen molar-refractivity contribution < 1.29 is 9.59 Å². The third-order valence-electron chi connectivity index (χ3n) is 11.6. The van der Waals surface area contributed by atoms with Crippen LogP contribution >= 0.6 is 24.0 Å². The molecule has 4 heterocycles. The lowest BCUT2D eigenvalue weighted by molar-refractivity contribution is 0.101. The van der Waals surface area contributed by atoms with E-state index in [0.717, 1.165) is 72.3 Å². The summed E-state index contributed by atoms with van der Waals surface area (Å²) in [6.07, 6.45) is 3.51. The Bertz CT molecular complexity index is 3640. The number of nitrogens with one attached hydrogen (secondary N) is 5. The van der Waals surface area contributed by atoms with Crippen LogP contribution in [-0.4, -0.2) is 69.9 Å². The minimum Gasteiger partial charge on any atom is -0.399 e. The molecule has 4 aromatic heterocycles. The van der Waals surface area contributed by atoms with Gasteiger partial charge in [-0.3, -0.25) is 19.6 Å². The van der Waals surface area contributed by atoms with E-state index < -0.39 is 0 Å². The molecule has 0 saturated carbocycles. The van der Waals surface area contributed by atoms with Crippen molar-refractivity contribution in [1.82, 2.24) is 29.9 Å². The highest BCUT2D eigenvalue weighted by Gasteiger charge is 2.11. The van der Waals surface area contributed by atoms with Crippen LogP contribution in [0.3, 0.4) is 0 Å². The zero-order chi connectivity index (χ0) is 54.6. The number of hydrogen-bond acceptors (Lipinski definition) is 16. The Balaban J connectivity index is 0.000000188. The quantitative estimate of drug-likeness (QED) is 0.0529. The molecule has 0 unspecified atom stereocenters. The number of aryl methyl sites for hydroxylation is 2. The lowest BCUT2D eigenvalue weighted by atomic mass is 10.1. The summed E-state index contributed by atoms with van der Waals surface area (Å²) >= 11 is 6.04. The van der Waals surface area contributed by atoms with Crippen LogP contribution in [0.15, 0.2) is 170 Å². The van der Waals surface area contributed by atoms with Crippen molar-refractivity contribution in [3.63, 3.8) is 0 Å². The monoisotopic (exact) mass is 1080 g/mol. The number of halogens is 2. The van der Waals surface area contributed by atoms with E-state index in [2.05, 4.69) is 74.7 Å². The normalized spacial score (nSPS) is 10.4. The first-order valence-electron chi connectivity index (χ1n) is 24.1. The molecular formula is C58H58Cl2N16O2. The second-order valence-electron chi connectivity index (χ2n) is 18.0. The molecule has 20 heteroatoms. The number of nitrogen functional groups attached to an aromatic ring is 3. The summed E-state index contributed by atoms with van der Waals surface area (Å²) in [5, 5.41) is 18.3. The number of amides is 2. The molecule has 0 radical (unpaired) electrons. The van der Waals surface area contributed by atoms with Gasteiger partial charge in [-0.2, -0.15) is 9.97 Å². The van der Waals surface area contributed by atoms with Crippen molar-refractivity contribution in [3.8, 4) is 0 Å². The van der Waals surface area contributed by atoms with Crippen LogP contribution in [0.1, 0.15) is 32.1 Å². The summed E-state index contributed by atoms with van der Waals surface area (Å²) < 4.78 is 0. The third kappa shape index (κ3) is 15.2. The van der Waals surface area contributed by atoms with E-state index in [-0.39, 0.29) is 36.1 Å². The SMILES string of the molecule is CN(C)c1ccc2c(Cl)ccnc2c1.Cc1cc(Nc2ccc(NC(=O)c3ccc(N)cc3)cc2)nc(N)n1.Cc1cc(Nc2ccc(NC(=O)c3ccc(Nc4ccnc5cc(N(C)C)ccc45)cc3)cc2)nc(N)n1.Cl. The molecule has 78 heavy (non-hydrogen) atoms. The summed E-state index contributed by atoms with van der Waals surface area (Å²) in [6.45, 7) is 3.70. The fourth-order valence-corrected chi connectivity index (χ4v) is 7.90. The number of hydrogen-bond donors (Lipinski definition) is 8. The molecule has 0 aliphatic heterocycles. The number of carbonyl (C=O) groups is 2. The van der Waals surface area contributed by atoms with E-state index in [4.69, 9.17) is 28.8 Å². The Labute approximate surface area is 463 Å². The average molecular weight is 1080 g/mol. The molecule has 11 N–H and O–H groups in total. The van der Waals surface area contributed by atoms with Crippen molar-refractivity contribution in [3.05, 3.63) is 198 Å². The van der Waals surface area contributed by atoms with Crippen LogP contribution in [0.2, 0.25) is 5.02 Å². The van der Waals surface area contributed by atoms with Crippen LogP contribution < -0.4 is 53.6 Å². The first kappa shape index (κ1) is 56.0. The highest BCUT2D eigenvalue weighted by Crippen LogP contribution is 2.29. The van der Waals surface area contributed by atoms with Gasteiger partial charge in [-0.15, -0.1) is 12.4 Å². The molecule has 10 aromatic rings. The van der Waals surface area contributed by atoms with Crippen molar-refractivity contribution in [2.75, 3.05) is 81.8 Å². The first-order valence-corrected chi connectivity index (χ1v) is 24.5. The van der Waals surface area contributed by atoms with Gasteiger partial charge < -0.3 is 53.6 Å². The fraction of sp³-hybridized carbons (Fsp3) is 0.103. The molecule has 2 amide bonds. The van der Waals surface area contributed by atoms with Gasteiger partial charge in [-0.1, -0.05) is 11.6 Å². The topological polar surface area (TPSA) is 256 Å². The smallest absolute Gasteiger partial charge is 0.255 e. The summed E-state index contributed by atoms with van der Waals surface area (Å²) in [7, 11) is 8.02. The Morgan fingerprint density at radius 1 is 0.462 bits per heavy atom. The largest absolute Gasteiger partial charge is 0.399 e. The summed E-state index contributed by atoms with van der Waals surface area (Å²) in [5.74, 6) is 1.27. The predicted molar refractivity (Wildman–Crippen MR) is 323 cm³/mol. The van der Waals surface area contributed by atoms with Crippen molar-refractivity contribution in [2.45, 2.75) is 13.8 Å². The second-order valence-corrected chi connectivity index (χ2v) is 18.4. The Morgan fingerprint density at radius 3 is 1.32 bits per heavy atom. The van der Waals surface area contributed by atoms with Crippen molar-refractivity contribution in [1.29, 1.82) is 0 Å². The zero-order valence-electron chi connectivity index (χ0n) is 43.6. The molecular weight excluding hydrogens is 1020 g/mol. The molecule has 0 fully saturated rings. The van der Waals surface area contributed by atoms with Gasteiger partial charge in [0, 0.05) is 137 Å². The highest BCUT2D eigenvalue weighted by molar-refractivity contribution is 6.35. The number of anilines is 13. The summed E-state index contributed by atoms with van der Waals surface area (Å²) in [5.41, 5.74) is 29.2. The van der Waals surface area contributed by atoms with Gasteiger partial charge in [0.1, 0.15) is 11.6 Å². The van der Waals surface area contributed by atoms with E-state index in [1.807, 2.05) is 131 Å². The molecule has 396 valence electrons. The number of pyridine rings is 2. The van der Waals surface area contributed by atoms with Gasteiger partial charge in [0.15, 0.2) is 0 Å². The number of carbonyl (C=O) groups excluding carboxylic acids is 2. The first-order chi connectivity index (χ1) is 37.0. The molecule has 18 nitrogen and oxygen atoms in total. The molecule has 0 aliphatic rings. The lowest BCUT2D eigenvalue weighted by Crippen LogP contribution is -2.11. The maximum Gasteiger partial charge on any atom is 0.255 e. The van der Waals surface area contributed by atoms with Gasteiger partial charge in [-0.25, -0.2) is 9.97 Å². The molecule has 0 saturated heterocycles. The highest BCUT2D eigenvalue weighted by atomic mass is 35.5. The van der Waals surface area contributed by atoms with E-state index in [0.29, 0.717) is 39.8 Å². The number of nitrogens with two attached hydrogens (primary N) is 3. The van der Waals surface area contributed by atoms with Gasteiger partial charge in [-0.05, 0) is 159 Å². The fourth-order valence-electron chi connectivity index (χ4n) is 7.69. The van der Waals surface area contributed by atoms with E-state index in [1.165, 1.54) is 0 Å². The molecule has 0 bridgehead atoms. The third-order valence-corrected chi connectivity index (χ3v) is 11.9. The van der Waals surface area contributed by atoms with Crippen LogP contribution in [0, 0.1) is 13.8 Å². The van der Waals surface area contributed by atoms with Crippen LogP contribution in [0.25, 0.3) is 21.8 Å². The Hall–Kier alpha value is -9.78. The lowest BCUT2D eigenvalue weighted by Gasteiger charge is -2.14. The van der Waals surface area contributed by atoms with Crippen LogP contribution in [0.4, 0.5) is 74.7 Å². The van der Waals surface area contributed by atoms with E-state index >= 15 is 0 Å². The Kier molecular flexibility index (Phi) is 18.4. The minimum atomic E-state index is -0.195. The number of rotatable bonds is 12. The van der Waals surface area contributed by atoms with Gasteiger partial charge >= 0.3 is 0 Å². The number of benzene rings is 6. The zero-order valence-corrected chi connectivity index (χ0v) is 45.2. The number of fused-ring (bicyclic) bond motifs is 2. The second kappa shape index (κ2) is 25.6. The van der Waals surface area contributed by atoms with Gasteiger partial charge in [0.05, 0.1) is 16.1 Å². The van der Waals surface area contributed by atoms with Crippen LogP contribution in [0.5, 0.6) is 0 Å². The van der Waals surface area contributed by atoms with Gasteiger partial charge in [0.25, 0.3) is 11.8 Å². The minimum absolute atomic E-state index is 0. The standard InChI is InChI=1S/C29H28N8O.C18H18N6O.C11H11ClN2.ClH/c1-18-16-27(36-29(30)32-18)34-21-8-10-22(11-9-21)35-28(38)19-4-6-20(7-5-19)33-25-14-15-31-26-17-23(37(2)3)12-13-24(25)26;1-11-10-16(24-18(20)21-11)22-14-6-8-15(9-7-14)23-17(25)12-2-4-13(19)5-3-12;1-14(2)8-3-4-9-10(12)5-6-13-11(9)7-8;/h4-17H,1-3H3,(H,31,33)(H,35,38)(H3,30,32,34,36);2-10H,19H2,1H3,(H,23,25)(H3,20,21,22,24);3-7H,1-2H3;1H. The molecule has 0 atom stereocenters. The molecule has 6 aromatic carbocycles. The van der Waals surface area contributed by atoms with Crippen molar-refractivity contribution in [2.24, 2.45) is 0 Å². The number of nitrogens with zero attached hydrogens (tertiary/aromatic N) is 8. The van der Waals surface area contributed by atoms with Crippen LogP contribution in [-0.2, 0) is 0 Å². The maximum atomic E-state index is 12.8. The maximum absolute atomic E-state index is 12.8. The summed E-state index contributed by atoms with van der Waals surface area (Å²) in [4.78, 5) is 54.2. The van der Waals surface area contributed by atoms with E-state index in [1.54, 1.807) is 73.1 Å². The molecule has 0 spiro atoms. The van der Waals surface area contributed by atoms with Crippen molar-refractivity contribution >= 4 is 132 Å². The summed E-state index contributed by atoms with van der Waals surface area (Å²) in [6, 6.07) is 48.4. The Morgan fingerprint density at radius 2 is 0.859 bits per heavy atom.